The van der Waals surface area contributed by atoms with Crippen LogP contribution in [-0.4, -0.2) is 31.6 Å². The lowest BCUT2D eigenvalue weighted by molar-refractivity contribution is -0.133. The lowest BCUT2D eigenvalue weighted by Crippen LogP contribution is -2.09. The highest BCUT2D eigenvalue weighted by molar-refractivity contribution is 7.99. The van der Waals surface area contributed by atoms with Crippen molar-refractivity contribution in [2.24, 2.45) is 0 Å². The van der Waals surface area contributed by atoms with E-state index in [2.05, 4.69) is 15.5 Å². The van der Waals surface area contributed by atoms with Crippen molar-refractivity contribution in [2.45, 2.75) is 11.7 Å². The molecule has 0 aliphatic heterocycles. The predicted molar refractivity (Wildman–Crippen MR) is 104 cm³/mol. The predicted octanol–water partition coefficient (Wildman–Crippen LogP) is 4.36. The van der Waals surface area contributed by atoms with E-state index in [1.807, 2.05) is 34.9 Å². The largest absolute Gasteiger partial charge is 0.481 e. The fourth-order valence-electron chi connectivity index (χ4n) is 2.26. The van der Waals surface area contributed by atoms with Crippen molar-refractivity contribution in [1.82, 2.24) is 14.8 Å². The Labute approximate surface area is 164 Å². The number of benzene rings is 2. The van der Waals surface area contributed by atoms with Crippen molar-refractivity contribution in [1.29, 1.82) is 0 Å². The third-order valence-electron chi connectivity index (χ3n) is 3.39. The summed E-state index contributed by atoms with van der Waals surface area (Å²) >= 11 is 13.1. The number of hydrogen-bond donors (Lipinski definition) is 2. The molecular formula is C17H14Cl2N4O2S. The summed E-state index contributed by atoms with van der Waals surface area (Å²) in [4.78, 5) is 10.9. The molecule has 0 amide bonds. The molecule has 0 unspecified atom stereocenters. The number of carboxylic acids is 1. The van der Waals surface area contributed by atoms with Gasteiger partial charge in [-0.05, 0) is 42.5 Å². The highest BCUT2D eigenvalue weighted by Crippen LogP contribution is 2.24. The molecule has 2 aromatic carbocycles. The van der Waals surface area contributed by atoms with Gasteiger partial charge in [0.05, 0.1) is 12.3 Å². The van der Waals surface area contributed by atoms with Crippen molar-refractivity contribution in [3.05, 3.63) is 64.4 Å². The molecule has 6 nitrogen and oxygen atoms in total. The molecular weight excluding hydrogens is 395 g/mol. The third-order valence-corrected chi connectivity index (χ3v) is 4.79. The van der Waals surface area contributed by atoms with E-state index in [1.165, 1.54) is 0 Å². The van der Waals surface area contributed by atoms with E-state index in [9.17, 15) is 4.79 Å². The van der Waals surface area contributed by atoms with Gasteiger partial charge in [0.15, 0.2) is 11.0 Å². The number of carboxylic acid groups (broad SMARTS) is 1. The van der Waals surface area contributed by atoms with Gasteiger partial charge < -0.3 is 10.4 Å². The number of thioether (sulfide) groups is 1. The summed E-state index contributed by atoms with van der Waals surface area (Å²) in [6.45, 7) is 0.392. The van der Waals surface area contributed by atoms with Crippen LogP contribution < -0.4 is 5.32 Å². The van der Waals surface area contributed by atoms with Gasteiger partial charge in [0.25, 0.3) is 0 Å². The van der Waals surface area contributed by atoms with Gasteiger partial charge in [-0.25, -0.2) is 0 Å². The minimum Gasteiger partial charge on any atom is -0.481 e. The topological polar surface area (TPSA) is 80.0 Å². The quantitative estimate of drug-likeness (QED) is 0.565. The summed E-state index contributed by atoms with van der Waals surface area (Å²) in [5, 5.41) is 22.3. The molecule has 0 fully saturated rings. The molecule has 1 aromatic heterocycles. The molecule has 0 saturated carbocycles. The Morgan fingerprint density at radius 2 is 1.88 bits per heavy atom. The number of nitrogens with zero attached hydrogens (tertiary/aromatic N) is 3. The van der Waals surface area contributed by atoms with Crippen LogP contribution in [0.15, 0.2) is 53.7 Å². The molecule has 3 aromatic rings. The van der Waals surface area contributed by atoms with Gasteiger partial charge in [-0.3, -0.25) is 9.36 Å². The maximum Gasteiger partial charge on any atom is 0.313 e. The first-order valence-corrected chi connectivity index (χ1v) is 9.31. The van der Waals surface area contributed by atoms with Gasteiger partial charge >= 0.3 is 5.97 Å². The van der Waals surface area contributed by atoms with Gasteiger partial charge in [0, 0.05) is 21.4 Å². The van der Waals surface area contributed by atoms with Crippen molar-refractivity contribution < 1.29 is 9.90 Å². The molecule has 0 spiro atoms. The molecule has 9 heteroatoms. The van der Waals surface area contributed by atoms with Crippen LogP contribution in [0, 0.1) is 0 Å². The molecule has 0 bridgehead atoms. The van der Waals surface area contributed by atoms with Crippen LogP contribution in [0.5, 0.6) is 0 Å². The van der Waals surface area contributed by atoms with Gasteiger partial charge in [0.2, 0.25) is 0 Å². The minimum absolute atomic E-state index is 0.104. The van der Waals surface area contributed by atoms with E-state index in [0.29, 0.717) is 27.6 Å². The lowest BCUT2D eigenvalue weighted by atomic mass is 10.3. The Kier molecular flexibility index (Phi) is 6.03. The molecule has 0 aliphatic rings. The van der Waals surface area contributed by atoms with E-state index < -0.39 is 5.97 Å². The Hall–Kier alpha value is -2.22. The van der Waals surface area contributed by atoms with Crippen LogP contribution in [0.25, 0.3) is 5.69 Å². The summed E-state index contributed by atoms with van der Waals surface area (Å²) in [5.74, 6) is -0.382. The second-order valence-electron chi connectivity index (χ2n) is 5.26. The molecule has 0 saturated heterocycles. The van der Waals surface area contributed by atoms with Crippen LogP contribution in [0.2, 0.25) is 10.0 Å². The van der Waals surface area contributed by atoms with E-state index in [-0.39, 0.29) is 5.75 Å². The highest BCUT2D eigenvalue weighted by atomic mass is 35.5. The summed E-state index contributed by atoms with van der Waals surface area (Å²) in [6, 6.07) is 14.5. The number of aliphatic carboxylic acids is 1. The van der Waals surface area contributed by atoms with Crippen molar-refractivity contribution >= 4 is 46.6 Å². The molecule has 0 atom stereocenters. The number of nitrogens with one attached hydrogen (secondary N) is 1. The third kappa shape index (κ3) is 4.69. The lowest BCUT2D eigenvalue weighted by Gasteiger charge is -2.11. The highest BCUT2D eigenvalue weighted by Gasteiger charge is 2.15. The number of halogens is 2. The molecule has 134 valence electrons. The van der Waals surface area contributed by atoms with Crippen LogP contribution in [-0.2, 0) is 11.3 Å². The summed E-state index contributed by atoms with van der Waals surface area (Å²) in [5.41, 5.74) is 1.65. The zero-order valence-corrected chi connectivity index (χ0v) is 15.7. The summed E-state index contributed by atoms with van der Waals surface area (Å²) in [6.07, 6.45) is 0. The molecule has 3 rings (SSSR count). The zero-order chi connectivity index (χ0) is 18.5. The number of carbonyl (C=O) groups is 1. The van der Waals surface area contributed by atoms with Crippen LogP contribution in [0.3, 0.4) is 0 Å². The molecule has 2 N–H and O–H groups in total. The average molecular weight is 409 g/mol. The fraction of sp³-hybridized carbons (Fsp3) is 0.118. The van der Waals surface area contributed by atoms with Gasteiger partial charge in [-0.2, -0.15) is 0 Å². The second kappa shape index (κ2) is 8.44. The van der Waals surface area contributed by atoms with Crippen LogP contribution in [0.1, 0.15) is 5.82 Å². The normalized spacial score (nSPS) is 10.7. The molecule has 0 aliphatic carbocycles. The van der Waals surface area contributed by atoms with Crippen LogP contribution in [0.4, 0.5) is 5.69 Å². The van der Waals surface area contributed by atoms with Crippen LogP contribution >= 0.6 is 35.0 Å². The first-order chi connectivity index (χ1) is 12.5. The zero-order valence-electron chi connectivity index (χ0n) is 13.4. The first-order valence-electron chi connectivity index (χ1n) is 7.57. The first kappa shape index (κ1) is 18.6. The van der Waals surface area contributed by atoms with E-state index in [1.54, 1.807) is 18.2 Å². The molecule has 0 radical (unpaired) electrons. The van der Waals surface area contributed by atoms with Gasteiger partial charge in [-0.1, -0.05) is 41.0 Å². The maximum atomic E-state index is 10.9. The number of rotatable bonds is 7. The van der Waals surface area contributed by atoms with Crippen molar-refractivity contribution in [2.75, 3.05) is 11.1 Å². The molecule has 26 heavy (non-hydrogen) atoms. The number of hydrogen-bond acceptors (Lipinski definition) is 5. The average Bonchev–Trinajstić information content (AvgIpc) is 3.02. The Balaban J connectivity index is 1.88. The fourth-order valence-corrected chi connectivity index (χ4v) is 3.27. The summed E-state index contributed by atoms with van der Waals surface area (Å²) < 4.78 is 1.81. The SMILES string of the molecule is O=C(O)CSc1nnc(CNc2cccc(Cl)c2)n1-c1ccc(Cl)cc1. The van der Waals surface area contributed by atoms with E-state index in [4.69, 9.17) is 28.3 Å². The van der Waals surface area contributed by atoms with Gasteiger partial charge in [-0.15, -0.1) is 10.2 Å². The monoisotopic (exact) mass is 408 g/mol. The Bertz CT molecular complexity index is 915. The molecule has 1 heterocycles. The number of anilines is 1. The summed E-state index contributed by atoms with van der Waals surface area (Å²) in [7, 11) is 0. The van der Waals surface area contributed by atoms with Gasteiger partial charge in [0.1, 0.15) is 0 Å². The van der Waals surface area contributed by atoms with E-state index in [0.717, 1.165) is 23.1 Å². The van der Waals surface area contributed by atoms with Crippen molar-refractivity contribution in [3.63, 3.8) is 0 Å². The minimum atomic E-state index is -0.917. The smallest absolute Gasteiger partial charge is 0.313 e. The van der Waals surface area contributed by atoms with Crippen molar-refractivity contribution in [3.8, 4) is 5.69 Å². The maximum absolute atomic E-state index is 10.9. The Morgan fingerprint density at radius 3 is 2.58 bits per heavy atom. The van der Waals surface area contributed by atoms with E-state index >= 15 is 0 Å². The standard InChI is InChI=1S/C17H14Cl2N4O2S/c18-11-4-6-14(7-5-11)23-15(21-22-17(23)26-10-16(24)25)9-20-13-3-1-2-12(19)8-13/h1-8,20H,9-10H2,(H,24,25). The number of aromatic nitrogens is 3. The second-order valence-corrected chi connectivity index (χ2v) is 7.07. The Morgan fingerprint density at radius 1 is 1.12 bits per heavy atom.